The van der Waals surface area contributed by atoms with Crippen molar-refractivity contribution in [3.63, 3.8) is 0 Å². The summed E-state index contributed by atoms with van der Waals surface area (Å²) in [6.45, 7) is -0.144. The minimum atomic E-state index is -3.52. The van der Waals surface area contributed by atoms with E-state index in [0.717, 1.165) is 16.1 Å². The largest absolute Gasteiger partial charge is 0.324 e. The van der Waals surface area contributed by atoms with Crippen molar-refractivity contribution in [3.05, 3.63) is 65.2 Å². The molecule has 23 heavy (non-hydrogen) atoms. The molecule has 122 valence electrons. The maximum Gasteiger partial charge on any atom is 0.239 e. The van der Waals surface area contributed by atoms with Crippen LogP contribution >= 0.6 is 11.6 Å². The van der Waals surface area contributed by atoms with E-state index in [1.807, 2.05) is 30.3 Å². The highest BCUT2D eigenvalue weighted by Crippen LogP contribution is 2.20. The van der Waals surface area contributed by atoms with Gasteiger partial charge in [-0.2, -0.15) is 4.31 Å². The second kappa shape index (κ2) is 7.59. The summed E-state index contributed by atoms with van der Waals surface area (Å²) in [4.78, 5) is 12.1. The number of amides is 1. The van der Waals surface area contributed by atoms with E-state index in [4.69, 9.17) is 11.6 Å². The summed E-state index contributed by atoms with van der Waals surface area (Å²) in [6.07, 6.45) is 1.08. The number of para-hydroxylation sites is 1. The van der Waals surface area contributed by atoms with E-state index >= 15 is 0 Å². The highest BCUT2D eigenvalue weighted by molar-refractivity contribution is 7.88. The lowest BCUT2D eigenvalue weighted by Gasteiger charge is -2.19. The summed E-state index contributed by atoms with van der Waals surface area (Å²) in [6, 6.07) is 15.9. The first-order valence-electron chi connectivity index (χ1n) is 6.89. The van der Waals surface area contributed by atoms with Crippen LogP contribution in [0.2, 0.25) is 5.02 Å². The second-order valence-electron chi connectivity index (χ2n) is 5.04. The second-order valence-corrected chi connectivity index (χ2v) is 7.43. The first-order chi connectivity index (χ1) is 10.9. The van der Waals surface area contributed by atoms with Crippen molar-refractivity contribution < 1.29 is 13.2 Å². The van der Waals surface area contributed by atoms with Crippen molar-refractivity contribution in [1.29, 1.82) is 0 Å². The van der Waals surface area contributed by atoms with Gasteiger partial charge in [-0.15, -0.1) is 0 Å². The highest BCUT2D eigenvalue weighted by Gasteiger charge is 2.20. The lowest BCUT2D eigenvalue weighted by Crippen LogP contribution is -2.36. The van der Waals surface area contributed by atoms with Gasteiger partial charge in [0.25, 0.3) is 0 Å². The van der Waals surface area contributed by atoms with Gasteiger partial charge in [-0.3, -0.25) is 4.79 Å². The molecule has 2 aromatic carbocycles. The van der Waals surface area contributed by atoms with Gasteiger partial charge in [-0.05, 0) is 17.7 Å². The van der Waals surface area contributed by atoms with Gasteiger partial charge in [0.1, 0.15) is 0 Å². The number of halogens is 1. The van der Waals surface area contributed by atoms with E-state index in [1.54, 1.807) is 24.3 Å². The minimum Gasteiger partial charge on any atom is -0.324 e. The first kappa shape index (κ1) is 17.5. The number of benzene rings is 2. The van der Waals surface area contributed by atoms with Crippen LogP contribution in [0.5, 0.6) is 0 Å². The third kappa shape index (κ3) is 5.35. The average molecular weight is 353 g/mol. The Balaban J connectivity index is 2.09. The summed E-state index contributed by atoms with van der Waals surface area (Å²) >= 11 is 5.98. The Kier molecular flexibility index (Phi) is 5.76. The molecule has 0 fully saturated rings. The molecule has 0 unspecified atom stereocenters. The van der Waals surface area contributed by atoms with Crippen molar-refractivity contribution in [2.75, 3.05) is 18.1 Å². The molecule has 0 spiro atoms. The van der Waals surface area contributed by atoms with Gasteiger partial charge in [-0.1, -0.05) is 54.1 Å². The summed E-state index contributed by atoms with van der Waals surface area (Å²) in [5.74, 6) is -0.445. The molecule has 0 saturated heterocycles. The summed E-state index contributed by atoms with van der Waals surface area (Å²) in [7, 11) is -3.52. The number of carbonyl (C=O) groups is 1. The van der Waals surface area contributed by atoms with Crippen molar-refractivity contribution in [3.8, 4) is 0 Å². The molecule has 0 bridgehead atoms. The molecule has 2 aromatic rings. The molecule has 7 heteroatoms. The third-order valence-corrected chi connectivity index (χ3v) is 4.66. The maximum absolute atomic E-state index is 12.1. The number of anilines is 1. The number of rotatable bonds is 6. The van der Waals surface area contributed by atoms with Crippen LogP contribution in [0.15, 0.2) is 54.6 Å². The fourth-order valence-corrected chi connectivity index (χ4v) is 2.91. The van der Waals surface area contributed by atoms with E-state index < -0.39 is 15.9 Å². The SMILES string of the molecule is CS(=O)(=O)N(CC(=O)Nc1ccccc1Cl)Cc1ccccc1. The maximum atomic E-state index is 12.1. The van der Waals surface area contributed by atoms with Crippen LogP contribution in [0.1, 0.15) is 5.56 Å². The van der Waals surface area contributed by atoms with Crippen LogP contribution in [-0.2, 0) is 21.4 Å². The molecule has 1 amide bonds. The first-order valence-corrected chi connectivity index (χ1v) is 9.12. The van der Waals surface area contributed by atoms with Gasteiger partial charge in [0.2, 0.25) is 15.9 Å². The van der Waals surface area contributed by atoms with E-state index in [-0.39, 0.29) is 13.1 Å². The van der Waals surface area contributed by atoms with Crippen LogP contribution in [-0.4, -0.2) is 31.4 Å². The minimum absolute atomic E-state index is 0.135. The molecule has 0 radical (unpaired) electrons. The normalized spacial score (nSPS) is 11.4. The van der Waals surface area contributed by atoms with Crippen molar-refractivity contribution >= 4 is 33.2 Å². The van der Waals surface area contributed by atoms with Crippen molar-refractivity contribution in [1.82, 2.24) is 4.31 Å². The molecule has 0 aliphatic heterocycles. The smallest absolute Gasteiger partial charge is 0.239 e. The zero-order chi connectivity index (χ0) is 16.9. The van der Waals surface area contributed by atoms with Gasteiger partial charge in [0.15, 0.2) is 0 Å². The van der Waals surface area contributed by atoms with Crippen LogP contribution in [0.25, 0.3) is 0 Å². The Labute approximate surface area is 140 Å². The van der Waals surface area contributed by atoms with Gasteiger partial charge < -0.3 is 5.32 Å². The van der Waals surface area contributed by atoms with Gasteiger partial charge in [0, 0.05) is 6.54 Å². The monoisotopic (exact) mass is 352 g/mol. The number of hydrogen-bond donors (Lipinski definition) is 1. The quantitative estimate of drug-likeness (QED) is 0.869. The molecule has 0 aliphatic carbocycles. The molecule has 0 saturated carbocycles. The van der Waals surface area contributed by atoms with Gasteiger partial charge >= 0.3 is 0 Å². The number of hydrogen-bond acceptors (Lipinski definition) is 3. The molecule has 0 heterocycles. The Morgan fingerprint density at radius 1 is 1.09 bits per heavy atom. The highest BCUT2D eigenvalue weighted by atomic mass is 35.5. The Hall–Kier alpha value is -1.89. The topological polar surface area (TPSA) is 66.5 Å². The zero-order valence-electron chi connectivity index (χ0n) is 12.6. The van der Waals surface area contributed by atoms with E-state index in [0.29, 0.717) is 10.7 Å². The summed E-state index contributed by atoms with van der Waals surface area (Å²) in [5, 5.41) is 3.02. The molecule has 5 nitrogen and oxygen atoms in total. The Bertz CT molecular complexity index is 779. The van der Waals surface area contributed by atoms with Crippen LogP contribution < -0.4 is 5.32 Å². The predicted molar refractivity (Wildman–Crippen MR) is 91.8 cm³/mol. The Morgan fingerprint density at radius 3 is 2.30 bits per heavy atom. The summed E-state index contributed by atoms with van der Waals surface area (Å²) in [5.41, 5.74) is 1.26. The number of sulfonamides is 1. The van der Waals surface area contributed by atoms with Crippen LogP contribution in [0.3, 0.4) is 0 Å². The van der Waals surface area contributed by atoms with Crippen LogP contribution in [0.4, 0.5) is 5.69 Å². The average Bonchev–Trinajstić information content (AvgIpc) is 2.49. The third-order valence-electron chi connectivity index (χ3n) is 3.14. The predicted octanol–water partition coefficient (Wildman–Crippen LogP) is 2.74. The Morgan fingerprint density at radius 2 is 1.70 bits per heavy atom. The van der Waals surface area contributed by atoms with E-state index in [9.17, 15) is 13.2 Å². The molecule has 1 N–H and O–H groups in total. The number of nitrogens with one attached hydrogen (secondary N) is 1. The number of carbonyl (C=O) groups excluding carboxylic acids is 1. The molecular formula is C16H17ClN2O3S. The summed E-state index contributed by atoms with van der Waals surface area (Å²) < 4.78 is 24.9. The van der Waals surface area contributed by atoms with Gasteiger partial charge in [0.05, 0.1) is 23.5 Å². The van der Waals surface area contributed by atoms with Crippen LogP contribution in [0, 0.1) is 0 Å². The van der Waals surface area contributed by atoms with Crippen molar-refractivity contribution in [2.24, 2.45) is 0 Å². The molecule has 0 atom stereocenters. The fraction of sp³-hybridized carbons (Fsp3) is 0.188. The lowest BCUT2D eigenvalue weighted by atomic mass is 10.2. The molecule has 2 rings (SSSR count). The van der Waals surface area contributed by atoms with Crippen molar-refractivity contribution in [2.45, 2.75) is 6.54 Å². The lowest BCUT2D eigenvalue weighted by molar-refractivity contribution is -0.116. The zero-order valence-corrected chi connectivity index (χ0v) is 14.1. The molecule has 0 aromatic heterocycles. The fourth-order valence-electron chi connectivity index (χ4n) is 1.99. The number of nitrogens with zero attached hydrogens (tertiary/aromatic N) is 1. The van der Waals surface area contributed by atoms with E-state index in [2.05, 4.69) is 5.32 Å². The molecular weight excluding hydrogens is 336 g/mol. The van der Waals surface area contributed by atoms with E-state index in [1.165, 1.54) is 0 Å². The molecule has 0 aliphatic rings. The van der Waals surface area contributed by atoms with Gasteiger partial charge in [-0.25, -0.2) is 8.42 Å². The standard InChI is InChI=1S/C16H17ClN2O3S/c1-23(21,22)19(11-13-7-3-2-4-8-13)12-16(20)18-15-10-6-5-9-14(15)17/h2-10H,11-12H2,1H3,(H,18,20).